The monoisotopic (exact) mass is 221 g/mol. The van der Waals surface area contributed by atoms with Crippen molar-refractivity contribution >= 4 is 23.6 Å². The minimum absolute atomic E-state index is 0.0582. The summed E-state index contributed by atoms with van der Waals surface area (Å²) in [6.07, 6.45) is 2.54. The lowest BCUT2D eigenvalue weighted by molar-refractivity contribution is 0.0780. The van der Waals surface area contributed by atoms with E-state index in [1.165, 1.54) is 0 Å². The van der Waals surface area contributed by atoms with Gasteiger partial charge in [-0.1, -0.05) is 24.3 Å². The number of likely N-dealkylation sites (N-methyl/N-ethyl adjacent to an activating group) is 1. The molecule has 0 radical (unpaired) electrons. The van der Waals surface area contributed by atoms with Crippen molar-refractivity contribution in [3.8, 4) is 0 Å². The van der Waals surface area contributed by atoms with Crippen LogP contribution in [0.25, 0.3) is 6.08 Å². The van der Waals surface area contributed by atoms with Crippen LogP contribution < -0.4 is 0 Å². The molecule has 0 aliphatic carbocycles. The lowest BCUT2D eigenvalue weighted by atomic mass is 9.94. The highest BCUT2D eigenvalue weighted by Crippen LogP contribution is 2.26. The van der Waals surface area contributed by atoms with Crippen LogP contribution in [0.5, 0.6) is 0 Å². The Morgan fingerprint density at radius 3 is 2.93 bits per heavy atom. The smallest absolute Gasteiger partial charge is 0.254 e. The number of halogens is 1. The van der Waals surface area contributed by atoms with Gasteiger partial charge in [0, 0.05) is 18.6 Å². The van der Waals surface area contributed by atoms with E-state index in [1.54, 1.807) is 17.0 Å². The van der Waals surface area contributed by atoms with Crippen LogP contribution in [0.1, 0.15) is 21.5 Å². The fourth-order valence-electron chi connectivity index (χ4n) is 1.89. The van der Waals surface area contributed by atoms with Crippen molar-refractivity contribution in [2.75, 3.05) is 13.6 Å². The van der Waals surface area contributed by atoms with Gasteiger partial charge in [0.15, 0.2) is 0 Å². The molecule has 0 unspecified atom stereocenters. The van der Waals surface area contributed by atoms with E-state index in [4.69, 9.17) is 11.6 Å². The van der Waals surface area contributed by atoms with E-state index in [2.05, 4.69) is 6.58 Å². The van der Waals surface area contributed by atoms with E-state index < -0.39 is 0 Å². The number of hydrogen-bond acceptors (Lipinski definition) is 1. The van der Waals surface area contributed by atoms with Gasteiger partial charge >= 0.3 is 0 Å². The zero-order valence-corrected chi connectivity index (χ0v) is 9.34. The highest BCUT2D eigenvalue weighted by Gasteiger charge is 2.23. The SMILES string of the molecule is C=Cc1cc(Cl)cc2c1C(=O)N(C)CC2. The minimum Gasteiger partial charge on any atom is -0.341 e. The van der Waals surface area contributed by atoms with Crippen LogP contribution in [0.4, 0.5) is 0 Å². The highest BCUT2D eigenvalue weighted by atomic mass is 35.5. The van der Waals surface area contributed by atoms with Gasteiger partial charge in [0.05, 0.1) is 5.56 Å². The molecule has 1 aliphatic heterocycles. The fourth-order valence-corrected chi connectivity index (χ4v) is 2.14. The molecule has 0 N–H and O–H groups in total. The lowest BCUT2D eigenvalue weighted by Gasteiger charge is -2.26. The second-order valence-corrected chi connectivity index (χ2v) is 4.15. The maximum absolute atomic E-state index is 11.9. The van der Waals surface area contributed by atoms with E-state index in [-0.39, 0.29) is 5.91 Å². The molecule has 1 amide bonds. The van der Waals surface area contributed by atoms with Crippen LogP contribution in [0.2, 0.25) is 5.02 Å². The van der Waals surface area contributed by atoms with Gasteiger partial charge in [0.25, 0.3) is 5.91 Å². The molecule has 15 heavy (non-hydrogen) atoms. The molecule has 0 aromatic heterocycles. The van der Waals surface area contributed by atoms with Crippen molar-refractivity contribution in [2.45, 2.75) is 6.42 Å². The van der Waals surface area contributed by atoms with Crippen LogP contribution >= 0.6 is 11.6 Å². The topological polar surface area (TPSA) is 20.3 Å². The Morgan fingerprint density at radius 2 is 2.27 bits per heavy atom. The second-order valence-electron chi connectivity index (χ2n) is 3.71. The summed E-state index contributed by atoms with van der Waals surface area (Å²) >= 11 is 5.97. The number of hydrogen-bond donors (Lipinski definition) is 0. The second kappa shape index (κ2) is 3.70. The van der Waals surface area contributed by atoms with Crippen molar-refractivity contribution in [1.29, 1.82) is 0 Å². The van der Waals surface area contributed by atoms with E-state index in [0.717, 1.165) is 29.7 Å². The molecular formula is C12H12ClNO. The summed E-state index contributed by atoms with van der Waals surface area (Å²) in [7, 11) is 1.81. The number of benzene rings is 1. The highest BCUT2D eigenvalue weighted by molar-refractivity contribution is 6.31. The van der Waals surface area contributed by atoms with Crippen molar-refractivity contribution in [1.82, 2.24) is 4.90 Å². The molecular weight excluding hydrogens is 210 g/mol. The average Bonchev–Trinajstić information content (AvgIpc) is 2.22. The Kier molecular flexibility index (Phi) is 2.53. The number of rotatable bonds is 1. The first kappa shape index (κ1) is 10.2. The van der Waals surface area contributed by atoms with Gasteiger partial charge in [-0.3, -0.25) is 4.79 Å². The first-order valence-electron chi connectivity index (χ1n) is 4.84. The normalized spacial score (nSPS) is 15.1. The largest absolute Gasteiger partial charge is 0.341 e. The zero-order chi connectivity index (χ0) is 11.0. The Bertz CT molecular complexity index is 439. The molecule has 0 bridgehead atoms. The van der Waals surface area contributed by atoms with Gasteiger partial charge < -0.3 is 4.90 Å². The van der Waals surface area contributed by atoms with Crippen molar-refractivity contribution in [2.24, 2.45) is 0 Å². The fraction of sp³-hybridized carbons (Fsp3) is 0.250. The summed E-state index contributed by atoms with van der Waals surface area (Å²) in [5, 5.41) is 0.668. The van der Waals surface area contributed by atoms with E-state index in [0.29, 0.717) is 5.02 Å². The lowest BCUT2D eigenvalue weighted by Crippen LogP contribution is -2.34. The molecule has 1 heterocycles. The zero-order valence-electron chi connectivity index (χ0n) is 8.59. The number of fused-ring (bicyclic) bond motifs is 1. The summed E-state index contributed by atoms with van der Waals surface area (Å²) < 4.78 is 0. The van der Waals surface area contributed by atoms with Crippen LogP contribution in [-0.4, -0.2) is 24.4 Å². The van der Waals surface area contributed by atoms with Gasteiger partial charge in [0.2, 0.25) is 0 Å². The Labute approximate surface area is 94.2 Å². The predicted octanol–water partition coefficient (Wildman–Crippen LogP) is 2.61. The molecule has 0 saturated heterocycles. The van der Waals surface area contributed by atoms with Crippen LogP contribution in [0, 0.1) is 0 Å². The maximum Gasteiger partial charge on any atom is 0.254 e. The quantitative estimate of drug-likeness (QED) is 0.714. The third-order valence-corrected chi connectivity index (χ3v) is 2.93. The molecule has 1 aromatic carbocycles. The third kappa shape index (κ3) is 1.65. The first-order chi connectivity index (χ1) is 7.13. The van der Waals surface area contributed by atoms with Gasteiger partial charge in [-0.05, 0) is 29.7 Å². The summed E-state index contributed by atoms with van der Waals surface area (Å²) in [4.78, 5) is 13.7. The Morgan fingerprint density at radius 1 is 1.53 bits per heavy atom. The standard InChI is InChI=1S/C12H12ClNO/c1-3-8-6-10(13)7-9-4-5-14(2)12(15)11(8)9/h3,6-7H,1,4-5H2,2H3. The molecule has 78 valence electrons. The third-order valence-electron chi connectivity index (χ3n) is 2.71. The van der Waals surface area contributed by atoms with Crippen LogP contribution in [0.3, 0.4) is 0 Å². The molecule has 3 heteroatoms. The minimum atomic E-state index is 0.0582. The van der Waals surface area contributed by atoms with Crippen LogP contribution in [-0.2, 0) is 6.42 Å². The summed E-state index contributed by atoms with van der Waals surface area (Å²) in [6, 6.07) is 3.65. The molecule has 2 rings (SSSR count). The molecule has 0 fully saturated rings. The Hall–Kier alpha value is -1.28. The summed E-state index contributed by atoms with van der Waals surface area (Å²) in [5.74, 6) is 0.0582. The van der Waals surface area contributed by atoms with E-state index in [9.17, 15) is 4.79 Å². The molecule has 0 spiro atoms. The maximum atomic E-state index is 11.9. The van der Waals surface area contributed by atoms with E-state index >= 15 is 0 Å². The summed E-state index contributed by atoms with van der Waals surface area (Å²) in [5.41, 5.74) is 2.61. The first-order valence-corrected chi connectivity index (χ1v) is 5.21. The number of carbonyl (C=O) groups is 1. The molecule has 1 aromatic rings. The van der Waals surface area contributed by atoms with Gasteiger partial charge in [-0.2, -0.15) is 0 Å². The number of amides is 1. The Balaban J connectivity index is 2.65. The average molecular weight is 222 g/mol. The van der Waals surface area contributed by atoms with Gasteiger partial charge in [-0.15, -0.1) is 0 Å². The van der Waals surface area contributed by atoms with Gasteiger partial charge in [-0.25, -0.2) is 0 Å². The number of carbonyl (C=O) groups excluding carboxylic acids is 1. The number of nitrogens with zero attached hydrogens (tertiary/aromatic N) is 1. The van der Waals surface area contributed by atoms with Gasteiger partial charge in [0.1, 0.15) is 0 Å². The molecule has 0 saturated carbocycles. The van der Waals surface area contributed by atoms with Crippen molar-refractivity contribution in [3.05, 3.63) is 40.4 Å². The van der Waals surface area contributed by atoms with Crippen molar-refractivity contribution < 1.29 is 4.79 Å². The van der Waals surface area contributed by atoms with Crippen LogP contribution in [0.15, 0.2) is 18.7 Å². The van der Waals surface area contributed by atoms with E-state index in [1.807, 2.05) is 13.1 Å². The molecule has 2 nitrogen and oxygen atoms in total. The van der Waals surface area contributed by atoms with Crippen molar-refractivity contribution in [3.63, 3.8) is 0 Å². The summed E-state index contributed by atoms with van der Waals surface area (Å²) in [6.45, 7) is 4.46. The predicted molar refractivity (Wildman–Crippen MR) is 62.2 cm³/mol. The molecule has 0 atom stereocenters. The molecule has 1 aliphatic rings.